The summed E-state index contributed by atoms with van der Waals surface area (Å²) in [7, 11) is 1.58. The third-order valence-electron chi connectivity index (χ3n) is 6.34. The summed E-state index contributed by atoms with van der Waals surface area (Å²) >= 11 is 0. The SMILES string of the molecule is C#Cc1ccc(NC(=O)[C@@H]([C@@H](C)c2ccccc2)n2c(O)c(-c3ccc(OCCOC)cc3)[nH]c2=O)c(F)c1. The molecular weight excluding hydrogens is 501 g/mol. The number of nitrogens with one attached hydrogen (secondary N) is 2. The Morgan fingerprint density at radius 2 is 1.85 bits per heavy atom. The van der Waals surface area contributed by atoms with Gasteiger partial charge in [0.25, 0.3) is 0 Å². The van der Waals surface area contributed by atoms with Crippen molar-refractivity contribution in [3.05, 3.63) is 100 Å². The number of anilines is 1. The van der Waals surface area contributed by atoms with Crippen molar-refractivity contribution in [2.24, 2.45) is 0 Å². The Bertz CT molecular complexity index is 1540. The number of ether oxygens (including phenoxy) is 2. The van der Waals surface area contributed by atoms with E-state index in [9.17, 15) is 19.1 Å². The van der Waals surface area contributed by atoms with E-state index in [-0.39, 0.29) is 11.4 Å². The van der Waals surface area contributed by atoms with Gasteiger partial charge in [0.15, 0.2) is 0 Å². The second-order valence-electron chi connectivity index (χ2n) is 8.84. The molecule has 3 N–H and O–H groups in total. The lowest BCUT2D eigenvalue weighted by Crippen LogP contribution is -2.35. The Kier molecular flexibility index (Phi) is 8.49. The summed E-state index contributed by atoms with van der Waals surface area (Å²) in [5, 5.41) is 13.8. The van der Waals surface area contributed by atoms with Gasteiger partial charge >= 0.3 is 5.69 Å². The highest BCUT2D eigenvalue weighted by Gasteiger charge is 2.33. The molecule has 4 rings (SSSR count). The number of aromatic nitrogens is 2. The number of carbonyl (C=O) groups excluding carboxylic acids is 1. The smallest absolute Gasteiger partial charge is 0.329 e. The van der Waals surface area contributed by atoms with Crippen LogP contribution >= 0.6 is 0 Å². The monoisotopic (exact) mass is 529 g/mol. The molecule has 0 spiro atoms. The van der Waals surface area contributed by atoms with E-state index in [4.69, 9.17) is 15.9 Å². The maximum atomic E-state index is 14.7. The van der Waals surface area contributed by atoms with Crippen molar-refractivity contribution in [1.82, 2.24) is 9.55 Å². The van der Waals surface area contributed by atoms with Gasteiger partial charge in [-0.05, 0) is 48.0 Å². The van der Waals surface area contributed by atoms with E-state index in [0.29, 0.717) is 30.1 Å². The Morgan fingerprint density at radius 3 is 2.49 bits per heavy atom. The minimum Gasteiger partial charge on any atom is -0.493 e. The molecular formula is C30H28FN3O5. The molecule has 0 aliphatic carbocycles. The van der Waals surface area contributed by atoms with Crippen LogP contribution < -0.4 is 15.7 Å². The van der Waals surface area contributed by atoms with Gasteiger partial charge in [0.1, 0.15) is 29.9 Å². The van der Waals surface area contributed by atoms with Gasteiger partial charge in [-0.15, -0.1) is 6.42 Å². The number of carbonyl (C=O) groups is 1. The van der Waals surface area contributed by atoms with Crippen molar-refractivity contribution >= 4 is 11.6 Å². The molecule has 0 aliphatic rings. The number of rotatable bonds is 10. The molecule has 0 saturated carbocycles. The summed E-state index contributed by atoms with van der Waals surface area (Å²) in [6, 6.07) is 18.6. The van der Waals surface area contributed by atoms with Crippen LogP contribution in [0.2, 0.25) is 0 Å². The van der Waals surface area contributed by atoms with Crippen LogP contribution in [0.3, 0.4) is 0 Å². The highest BCUT2D eigenvalue weighted by Crippen LogP contribution is 2.35. The van der Waals surface area contributed by atoms with Crippen molar-refractivity contribution in [3.63, 3.8) is 0 Å². The fourth-order valence-corrected chi connectivity index (χ4v) is 4.28. The zero-order chi connectivity index (χ0) is 27.9. The van der Waals surface area contributed by atoms with E-state index in [1.165, 1.54) is 12.1 Å². The molecule has 0 radical (unpaired) electrons. The van der Waals surface area contributed by atoms with Gasteiger partial charge in [-0.2, -0.15) is 0 Å². The fourth-order valence-electron chi connectivity index (χ4n) is 4.28. The van der Waals surface area contributed by atoms with Gasteiger partial charge in [0.2, 0.25) is 11.8 Å². The predicted octanol–water partition coefficient (Wildman–Crippen LogP) is 4.68. The maximum absolute atomic E-state index is 14.7. The lowest BCUT2D eigenvalue weighted by Gasteiger charge is -2.25. The second-order valence-corrected chi connectivity index (χ2v) is 8.84. The number of amides is 1. The number of hydrogen-bond acceptors (Lipinski definition) is 5. The van der Waals surface area contributed by atoms with Gasteiger partial charge in [-0.3, -0.25) is 4.79 Å². The van der Waals surface area contributed by atoms with Gasteiger partial charge in [-0.1, -0.05) is 43.2 Å². The van der Waals surface area contributed by atoms with Crippen molar-refractivity contribution in [2.45, 2.75) is 18.9 Å². The highest BCUT2D eigenvalue weighted by molar-refractivity contribution is 5.95. The first kappa shape index (κ1) is 27.2. The minimum atomic E-state index is -1.23. The van der Waals surface area contributed by atoms with Crippen molar-refractivity contribution < 1.29 is 23.8 Å². The quantitative estimate of drug-likeness (QED) is 0.204. The summed E-state index contributed by atoms with van der Waals surface area (Å²) in [5.41, 5.74) is 0.896. The number of imidazole rings is 1. The summed E-state index contributed by atoms with van der Waals surface area (Å²) < 4.78 is 26.2. The fraction of sp³-hybridized carbons (Fsp3) is 0.200. The van der Waals surface area contributed by atoms with Gasteiger partial charge in [0.05, 0.1) is 12.3 Å². The molecule has 8 nitrogen and oxygen atoms in total. The molecule has 1 amide bonds. The van der Waals surface area contributed by atoms with Crippen LogP contribution in [-0.2, 0) is 9.53 Å². The van der Waals surface area contributed by atoms with Crippen LogP contribution in [0.15, 0.2) is 77.6 Å². The number of methoxy groups -OCH3 is 1. The molecule has 0 unspecified atom stereocenters. The molecule has 39 heavy (non-hydrogen) atoms. The van der Waals surface area contributed by atoms with Crippen LogP contribution in [0.1, 0.15) is 30.0 Å². The van der Waals surface area contributed by atoms with E-state index in [2.05, 4.69) is 16.2 Å². The number of nitrogens with zero attached hydrogens (tertiary/aromatic N) is 1. The van der Waals surface area contributed by atoms with Crippen LogP contribution in [-0.4, -0.2) is 40.9 Å². The molecule has 9 heteroatoms. The Hall–Kier alpha value is -4.81. The lowest BCUT2D eigenvalue weighted by molar-refractivity contribution is -0.120. The largest absolute Gasteiger partial charge is 0.493 e. The summed E-state index contributed by atoms with van der Waals surface area (Å²) in [4.78, 5) is 29.5. The summed E-state index contributed by atoms with van der Waals surface area (Å²) in [6.07, 6.45) is 5.33. The zero-order valence-electron chi connectivity index (χ0n) is 21.5. The van der Waals surface area contributed by atoms with Crippen LogP contribution in [0.5, 0.6) is 11.6 Å². The minimum absolute atomic E-state index is 0.100. The Morgan fingerprint density at radius 1 is 1.13 bits per heavy atom. The van der Waals surface area contributed by atoms with E-state index < -0.39 is 35.3 Å². The highest BCUT2D eigenvalue weighted by atomic mass is 19.1. The third-order valence-corrected chi connectivity index (χ3v) is 6.34. The average Bonchev–Trinajstić information content (AvgIpc) is 3.24. The predicted molar refractivity (Wildman–Crippen MR) is 146 cm³/mol. The number of benzene rings is 3. The molecule has 1 aromatic heterocycles. The molecule has 0 fully saturated rings. The van der Waals surface area contributed by atoms with E-state index in [0.717, 1.165) is 16.2 Å². The molecule has 0 saturated heterocycles. The topological polar surface area (TPSA) is 106 Å². The number of halogens is 1. The first-order valence-corrected chi connectivity index (χ1v) is 12.2. The molecule has 0 bridgehead atoms. The van der Waals surface area contributed by atoms with Crippen LogP contribution in [0.4, 0.5) is 10.1 Å². The Balaban J connectivity index is 1.72. The lowest BCUT2D eigenvalue weighted by atomic mass is 9.92. The second kappa shape index (κ2) is 12.2. The first-order valence-electron chi connectivity index (χ1n) is 12.2. The normalized spacial score (nSPS) is 12.4. The van der Waals surface area contributed by atoms with E-state index >= 15 is 0 Å². The van der Waals surface area contributed by atoms with Gasteiger partial charge in [-0.25, -0.2) is 13.8 Å². The average molecular weight is 530 g/mol. The first-order chi connectivity index (χ1) is 18.8. The standard InChI is InChI=1S/C30H28FN3O5/c1-4-20-10-15-25(24(31)18-20)32-28(35)27(19(2)21-8-6-5-7-9-21)34-29(36)26(33-30(34)37)22-11-13-23(14-12-22)39-17-16-38-3/h1,5-15,18-19,27,36H,16-17H2,2-3H3,(H,32,35)(H,33,37)/t19-,27+/m0/s1. The summed E-state index contributed by atoms with van der Waals surface area (Å²) in [6.45, 7) is 2.55. The molecule has 2 atom stereocenters. The number of hydrogen-bond donors (Lipinski definition) is 3. The van der Waals surface area contributed by atoms with Crippen molar-refractivity contribution in [3.8, 4) is 35.2 Å². The van der Waals surface area contributed by atoms with Crippen molar-refractivity contribution in [2.75, 3.05) is 25.6 Å². The van der Waals surface area contributed by atoms with Crippen LogP contribution in [0, 0.1) is 18.2 Å². The van der Waals surface area contributed by atoms with Gasteiger partial charge in [0, 0.05) is 24.2 Å². The maximum Gasteiger partial charge on any atom is 0.329 e. The number of H-pyrrole nitrogens is 1. The van der Waals surface area contributed by atoms with Crippen molar-refractivity contribution in [1.29, 1.82) is 0 Å². The van der Waals surface area contributed by atoms with Gasteiger partial charge < -0.3 is 24.9 Å². The molecule has 0 aliphatic heterocycles. The molecule has 4 aromatic rings. The third kappa shape index (κ3) is 6.03. The zero-order valence-corrected chi connectivity index (χ0v) is 21.5. The molecule has 3 aromatic carbocycles. The summed E-state index contributed by atoms with van der Waals surface area (Å²) in [5.74, 6) is 0.504. The number of aromatic amines is 1. The van der Waals surface area contributed by atoms with Crippen LogP contribution in [0.25, 0.3) is 11.3 Å². The number of aromatic hydroxyl groups is 1. The molecule has 200 valence electrons. The molecule has 1 heterocycles. The van der Waals surface area contributed by atoms with E-state index in [1.807, 2.05) is 18.2 Å². The Labute approximate surface area is 225 Å². The van der Waals surface area contributed by atoms with E-state index in [1.54, 1.807) is 50.4 Å². The number of terminal acetylenes is 1.